The number of carboxylic acids is 1. The normalized spacial score (nSPS) is 16.1. The molecule has 0 fully saturated rings. The smallest absolute Gasteiger partial charge is 0.410 e. The standard InChI is InChI=1S/C29H40N4O6S/c1-8-19-16-32(28(36)39-29(2,3)4)17-20-13-21(15-31-25(19)20)38-24-9-10-30-26-22(24)14-23(27(34)35)33(26)18-37-11-12-40(5,6)7/h9-10,13-15,19H,8,11-12,16-18H2,1-7H3,(H,34,35)/t19-/m0/s1. The summed E-state index contributed by atoms with van der Waals surface area (Å²) in [5.74, 6) is 0.883. The summed E-state index contributed by atoms with van der Waals surface area (Å²) in [6.07, 6.45) is 10.4. The van der Waals surface area contributed by atoms with Crippen LogP contribution in [0.2, 0.25) is 0 Å². The number of fused-ring (bicyclic) bond motifs is 2. The van der Waals surface area contributed by atoms with E-state index in [9.17, 15) is 14.7 Å². The van der Waals surface area contributed by atoms with E-state index >= 15 is 0 Å². The molecule has 1 aliphatic heterocycles. The highest BCUT2D eigenvalue weighted by atomic mass is 32.3. The average Bonchev–Trinajstić information content (AvgIpc) is 3.24. The van der Waals surface area contributed by atoms with Gasteiger partial charge in [0.05, 0.1) is 30.4 Å². The van der Waals surface area contributed by atoms with Crippen molar-refractivity contribution in [3.63, 3.8) is 0 Å². The van der Waals surface area contributed by atoms with Crippen molar-refractivity contribution in [3.05, 3.63) is 47.5 Å². The number of aromatic carboxylic acids is 1. The molecule has 3 aromatic rings. The van der Waals surface area contributed by atoms with Crippen LogP contribution >= 0.6 is 10.0 Å². The van der Waals surface area contributed by atoms with Crippen LogP contribution in [0.5, 0.6) is 11.5 Å². The highest BCUT2D eigenvalue weighted by Gasteiger charge is 2.31. The maximum absolute atomic E-state index is 12.8. The topological polar surface area (TPSA) is 116 Å². The number of ether oxygens (including phenoxy) is 3. The van der Waals surface area contributed by atoms with Gasteiger partial charge in [0, 0.05) is 24.4 Å². The molecule has 11 heteroatoms. The van der Waals surface area contributed by atoms with E-state index in [1.807, 2.05) is 26.8 Å². The van der Waals surface area contributed by atoms with Gasteiger partial charge in [-0.2, -0.15) is 0 Å². The number of hydrogen-bond acceptors (Lipinski definition) is 7. The second kappa shape index (κ2) is 11.7. The molecule has 0 radical (unpaired) electrons. The molecule has 1 N–H and O–H groups in total. The molecule has 4 rings (SSSR count). The SMILES string of the molecule is CC[C@H]1CN(C(=O)OC(C)(C)C)Cc2cc(Oc3ccnc4c3cc(C(=O)O)n4COCCS(C)(C)C)cnc21. The second-order valence-electron chi connectivity index (χ2n) is 11.9. The molecular formula is C29H40N4O6S. The molecule has 0 bridgehead atoms. The molecule has 0 saturated carbocycles. The first-order valence-electron chi connectivity index (χ1n) is 13.4. The van der Waals surface area contributed by atoms with Crippen LogP contribution in [0.15, 0.2) is 30.6 Å². The van der Waals surface area contributed by atoms with Crippen LogP contribution in [-0.2, 0) is 22.7 Å². The zero-order chi connectivity index (χ0) is 29.2. The molecule has 0 aromatic carbocycles. The van der Waals surface area contributed by atoms with E-state index in [2.05, 4.69) is 30.7 Å². The summed E-state index contributed by atoms with van der Waals surface area (Å²) < 4.78 is 19.2. The summed E-state index contributed by atoms with van der Waals surface area (Å²) in [6, 6.07) is 5.14. The maximum atomic E-state index is 12.8. The van der Waals surface area contributed by atoms with Crippen LogP contribution in [0, 0.1) is 0 Å². The van der Waals surface area contributed by atoms with E-state index < -0.39 is 21.6 Å². The zero-order valence-corrected chi connectivity index (χ0v) is 25.2. The van der Waals surface area contributed by atoms with Gasteiger partial charge in [0.25, 0.3) is 0 Å². The third-order valence-corrected chi connectivity index (χ3v) is 7.96. The number of carboxylic acid groups (broad SMARTS) is 1. The van der Waals surface area contributed by atoms with Crippen LogP contribution in [0.25, 0.3) is 11.0 Å². The van der Waals surface area contributed by atoms with Gasteiger partial charge in [-0.25, -0.2) is 24.6 Å². The quantitative estimate of drug-likeness (QED) is 0.318. The number of nitrogens with zero attached hydrogens (tertiary/aromatic N) is 4. The van der Waals surface area contributed by atoms with Crippen LogP contribution in [0.1, 0.15) is 61.8 Å². The van der Waals surface area contributed by atoms with Gasteiger partial charge in [-0.1, -0.05) is 6.92 Å². The zero-order valence-electron chi connectivity index (χ0n) is 24.4. The summed E-state index contributed by atoms with van der Waals surface area (Å²) in [5.41, 5.74) is 1.79. The molecule has 1 atom stereocenters. The van der Waals surface area contributed by atoms with Crippen molar-refractivity contribution >= 4 is 33.1 Å². The Bertz CT molecular complexity index is 1390. The third-order valence-electron chi connectivity index (χ3n) is 6.57. The Balaban J connectivity index is 1.60. The van der Waals surface area contributed by atoms with Gasteiger partial charge in [-0.3, -0.25) is 9.55 Å². The Morgan fingerprint density at radius 2 is 1.93 bits per heavy atom. The Morgan fingerprint density at radius 1 is 1.18 bits per heavy atom. The van der Waals surface area contributed by atoms with E-state index in [1.165, 1.54) is 0 Å². The molecule has 1 amide bonds. The van der Waals surface area contributed by atoms with E-state index in [-0.39, 0.29) is 24.4 Å². The molecule has 40 heavy (non-hydrogen) atoms. The molecule has 1 aliphatic rings. The fourth-order valence-corrected chi connectivity index (χ4v) is 5.19. The number of aromatic nitrogens is 3. The maximum Gasteiger partial charge on any atom is 0.410 e. The second-order valence-corrected chi connectivity index (χ2v) is 16.5. The van der Waals surface area contributed by atoms with Gasteiger partial charge in [0.1, 0.15) is 35.2 Å². The van der Waals surface area contributed by atoms with Crippen LogP contribution in [-0.4, -0.2) is 79.9 Å². The van der Waals surface area contributed by atoms with Crippen molar-refractivity contribution in [2.45, 2.75) is 58.9 Å². The van der Waals surface area contributed by atoms with Gasteiger partial charge in [0.2, 0.25) is 0 Å². The van der Waals surface area contributed by atoms with Crippen molar-refractivity contribution in [2.24, 2.45) is 0 Å². The lowest BCUT2D eigenvalue weighted by atomic mass is 9.93. The first-order chi connectivity index (χ1) is 18.8. The fraction of sp³-hybridized carbons (Fsp3) is 0.517. The minimum Gasteiger partial charge on any atom is -0.477 e. The number of pyridine rings is 2. The predicted octanol–water partition coefficient (Wildman–Crippen LogP) is 5.83. The first kappa shape index (κ1) is 29.7. The third kappa shape index (κ3) is 7.06. The molecule has 0 spiro atoms. The van der Waals surface area contributed by atoms with Gasteiger partial charge in [0.15, 0.2) is 0 Å². The highest BCUT2D eigenvalue weighted by Crippen LogP contribution is 2.36. The number of carbonyl (C=O) groups is 2. The fourth-order valence-electron chi connectivity index (χ4n) is 4.57. The average molecular weight is 573 g/mol. The van der Waals surface area contributed by atoms with Crippen LogP contribution < -0.4 is 4.74 Å². The predicted molar refractivity (Wildman–Crippen MR) is 157 cm³/mol. The van der Waals surface area contributed by atoms with Gasteiger partial charge >= 0.3 is 12.1 Å². The lowest BCUT2D eigenvalue weighted by Crippen LogP contribution is -2.41. The summed E-state index contributed by atoms with van der Waals surface area (Å²) in [4.78, 5) is 35.7. The Hall–Kier alpha value is -3.31. The Morgan fingerprint density at radius 3 is 2.58 bits per heavy atom. The van der Waals surface area contributed by atoms with E-state index in [0.29, 0.717) is 42.2 Å². The molecule has 0 saturated heterocycles. The monoisotopic (exact) mass is 572 g/mol. The van der Waals surface area contributed by atoms with Crippen molar-refractivity contribution in [3.8, 4) is 11.5 Å². The number of carbonyl (C=O) groups excluding carboxylic acids is 1. The van der Waals surface area contributed by atoms with Gasteiger partial charge in [-0.05, 0) is 69.7 Å². The largest absolute Gasteiger partial charge is 0.477 e. The Kier molecular flexibility index (Phi) is 8.65. The van der Waals surface area contributed by atoms with Crippen LogP contribution in [0.3, 0.4) is 0 Å². The minimum absolute atomic E-state index is 0.0732. The van der Waals surface area contributed by atoms with Crippen LogP contribution in [0.4, 0.5) is 4.79 Å². The molecule has 10 nitrogen and oxygen atoms in total. The molecule has 3 aromatic heterocycles. The van der Waals surface area contributed by atoms with Crippen molar-refractivity contribution in [1.82, 2.24) is 19.4 Å². The summed E-state index contributed by atoms with van der Waals surface area (Å²) >= 11 is 0. The molecule has 0 unspecified atom stereocenters. The molecular weight excluding hydrogens is 532 g/mol. The van der Waals surface area contributed by atoms with E-state index in [1.54, 1.807) is 34.0 Å². The first-order valence-corrected chi connectivity index (χ1v) is 16.4. The number of hydrogen-bond donors (Lipinski definition) is 1. The van der Waals surface area contributed by atoms with Crippen molar-refractivity contribution in [2.75, 3.05) is 37.7 Å². The molecule has 4 heterocycles. The summed E-state index contributed by atoms with van der Waals surface area (Å²) in [7, 11) is -0.725. The van der Waals surface area contributed by atoms with Crippen molar-refractivity contribution < 1.29 is 28.9 Å². The van der Waals surface area contributed by atoms with Gasteiger partial charge in [-0.15, -0.1) is 0 Å². The summed E-state index contributed by atoms with van der Waals surface area (Å²) in [6.45, 7) is 9.15. The van der Waals surface area contributed by atoms with E-state index in [0.717, 1.165) is 23.4 Å². The number of rotatable bonds is 9. The van der Waals surface area contributed by atoms with Crippen molar-refractivity contribution in [1.29, 1.82) is 0 Å². The number of amides is 1. The Labute approximate surface area is 237 Å². The lowest BCUT2D eigenvalue weighted by molar-refractivity contribution is 0.0202. The molecule has 218 valence electrons. The molecule has 0 aliphatic carbocycles. The minimum atomic E-state index is -1.07. The highest BCUT2D eigenvalue weighted by molar-refractivity contribution is 8.32. The lowest BCUT2D eigenvalue weighted by Gasteiger charge is -2.34. The van der Waals surface area contributed by atoms with E-state index in [4.69, 9.17) is 19.2 Å². The summed E-state index contributed by atoms with van der Waals surface area (Å²) in [5, 5.41) is 10.4. The van der Waals surface area contributed by atoms with Gasteiger partial charge < -0.3 is 24.2 Å².